The van der Waals surface area contributed by atoms with Gasteiger partial charge in [-0.25, -0.2) is 4.98 Å². The van der Waals surface area contributed by atoms with E-state index in [1.807, 2.05) is 12.1 Å². The number of benzene rings is 2. The van der Waals surface area contributed by atoms with Gasteiger partial charge in [0.25, 0.3) is 5.56 Å². The van der Waals surface area contributed by atoms with Crippen molar-refractivity contribution in [3.8, 4) is 11.5 Å². The van der Waals surface area contributed by atoms with E-state index in [4.69, 9.17) is 9.47 Å². The standard InChI is InChI=1S/C17H15N3O3/c1-22-15-8-7-12(9-16(15)23-2)10-19-20-11-18-14-6-4-3-5-13(14)17(20)21/h3-11H,1-2H3/b19-10+. The van der Waals surface area contributed by atoms with E-state index in [1.54, 1.807) is 50.8 Å². The van der Waals surface area contributed by atoms with Gasteiger partial charge >= 0.3 is 0 Å². The van der Waals surface area contributed by atoms with Gasteiger partial charge in [-0.1, -0.05) is 12.1 Å². The first-order valence-corrected chi connectivity index (χ1v) is 6.95. The maximum atomic E-state index is 12.3. The summed E-state index contributed by atoms with van der Waals surface area (Å²) in [5.41, 5.74) is 1.21. The molecule has 6 nitrogen and oxygen atoms in total. The minimum atomic E-state index is -0.215. The van der Waals surface area contributed by atoms with Crippen molar-refractivity contribution < 1.29 is 9.47 Å². The molecule has 0 N–H and O–H groups in total. The lowest BCUT2D eigenvalue weighted by molar-refractivity contribution is 0.355. The van der Waals surface area contributed by atoms with Gasteiger partial charge in [0, 0.05) is 0 Å². The summed E-state index contributed by atoms with van der Waals surface area (Å²) in [5.74, 6) is 1.23. The van der Waals surface area contributed by atoms with E-state index in [1.165, 1.54) is 11.0 Å². The van der Waals surface area contributed by atoms with Crippen LogP contribution in [0.2, 0.25) is 0 Å². The number of para-hydroxylation sites is 1. The Kier molecular flexibility index (Phi) is 4.05. The first-order valence-electron chi connectivity index (χ1n) is 6.95. The molecule has 3 rings (SSSR count). The van der Waals surface area contributed by atoms with Crippen molar-refractivity contribution in [2.45, 2.75) is 0 Å². The fourth-order valence-electron chi connectivity index (χ4n) is 2.20. The summed E-state index contributed by atoms with van der Waals surface area (Å²) < 4.78 is 11.6. The number of ether oxygens (including phenoxy) is 2. The Hall–Kier alpha value is -3.15. The molecule has 1 aromatic heterocycles. The monoisotopic (exact) mass is 309 g/mol. The van der Waals surface area contributed by atoms with Crippen molar-refractivity contribution in [1.29, 1.82) is 0 Å². The van der Waals surface area contributed by atoms with Gasteiger partial charge in [-0.3, -0.25) is 4.79 Å². The Bertz CT molecular complexity index is 932. The zero-order valence-corrected chi connectivity index (χ0v) is 12.8. The molecule has 0 aliphatic carbocycles. The Labute approximate surface area is 132 Å². The van der Waals surface area contributed by atoms with Gasteiger partial charge in [0.2, 0.25) is 0 Å². The lowest BCUT2D eigenvalue weighted by Gasteiger charge is -2.07. The van der Waals surface area contributed by atoms with E-state index in [0.29, 0.717) is 22.4 Å². The van der Waals surface area contributed by atoms with Crippen molar-refractivity contribution in [1.82, 2.24) is 9.66 Å². The smallest absolute Gasteiger partial charge is 0.281 e. The van der Waals surface area contributed by atoms with E-state index in [9.17, 15) is 4.79 Å². The maximum Gasteiger partial charge on any atom is 0.281 e. The third-order valence-electron chi connectivity index (χ3n) is 3.39. The van der Waals surface area contributed by atoms with E-state index >= 15 is 0 Å². The lowest BCUT2D eigenvalue weighted by Crippen LogP contribution is -2.16. The number of rotatable bonds is 4. The molecule has 6 heteroatoms. The molecule has 0 aliphatic rings. The molecule has 0 unspecified atom stereocenters. The minimum absolute atomic E-state index is 0.215. The third kappa shape index (κ3) is 2.91. The second-order valence-electron chi connectivity index (χ2n) is 4.77. The second kappa shape index (κ2) is 6.31. The molecule has 0 saturated heterocycles. The predicted molar refractivity (Wildman–Crippen MR) is 88.5 cm³/mol. The van der Waals surface area contributed by atoms with Crippen LogP contribution in [0.5, 0.6) is 11.5 Å². The number of fused-ring (bicyclic) bond motifs is 1. The van der Waals surface area contributed by atoms with Crippen LogP contribution in [-0.2, 0) is 0 Å². The Morgan fingerprint density at radius 1 is 1.09 bits per heavy atom. The summed E-state index contributed by atoms with van der Waals surface area (Å²) >= 11 is 0. The van der Waals surface area contributed by atoms with E-state index < -0.39 is 0 Å². The molecule has 0 radical (unpaired) electrons. The third-order valence-corrected chi connectivity index (χ3v) is 3.39. The fraction of sp³-hybridized carbons (Fsp3) is 0.118. The van der Waals surface area contributed by atoms with Crippen LogP contribution in [0.15, 0.2) is 58.7 Å². The van der Waals surface area contributed by atoms with E-state index in [2.05, 4.69) is 10.1 Å². The van der Waals surface area contributed by atoms with Gasteiger partial charge in [0.05, 0.1) is 31.3 Å². The normalized spacial score (nSPS) is 11.0. The molecule has 0 spiro atoms. The van der Waals surface area contributed by atoms with Crippen LogP contribution in [0.3, 0.4) is 0 Å². The summed E-state index contributed by atoms with van der Waals surface area (Å²) in [6.45, 7) is 0. The van der Waals surface area contributed by atoms with Gasteiger partial charge in [0.15, 0.2) is 11.5 Å². The molecule has 3 aromatic rings. The molecule has 2 aromatic carbocycles. The van der Waals surface area contributed by atoms with Crippen LogP contribution in [0, 0.1) is 0 Å². The van der Waals surface area contributed by atoms with Gasteiger partial charge in [-0.2, -0.15) is 9.78 Å². The molecule has 0 aliphatic heterocycles. The number of hydrogen-bond donors (Lipinski definition) is 0. The SMILES string of the molecule is COc1ccc(/C=N/n2cnc3ccccc3c2=O)cc1OC. The van der Waals surface area contributed by atoms with Crippen molar-refractivity contribution in [2.24, 2.45) is 5.10 Å². The number of methoxy groups -OCH3 is 2. The summed E-state index contributed by atoms with van der Waals surface area (Å²) in [7, 11) is 3.14. The van der Waals surface area contributed by atoms with Crippen LogP contribution in [0.4, 0.5) is 0 Å². The average Bonchev–Trinajstić information content (AvgIpc) is 2.61. The van der Waals surface area contributed by atoms with E-state index in [-0.39, 0.29) is 5.56 Å². The summed E-state index contributed by atoms with van der Waals surface area (Å²) in [4.78, 5) is 16.6. The van der Waals surface area contributed by atoms with Crippen LogP contribution in [0.25, 0.3) is 10.9 Å². The lowest BCUT2D eigenvalue weighted by atomic mass is 10.2. The Morgan fingerprint density at radius 3 is 2.65 bits per heavy atom. The molecule has 0 amide bonds. The molecule has 0 saturated carbocycles. The van der Waals surface area contributed by atoms with Gasteiger partial charge < -0.3 is 9.47 Å². The van der Waals surface area contributed by atoms with Crippen molar-refractivity contribution in [3.63, 3.8) is 0 Å². The quantitative estimate of drug-likeness (QED) is 0.694. The molecule has 0 fully saturated rings. The molecule has 1 heterocycles. The first kappa shape index (κ1) is 14.8. The zero-order valence-electron chi connectivity index (χ0n) is 12.8. The van der Waals surface area contributed by atoms with Gasteiger partial charge in [0.1, 0.15) is 6.33 Å². The van der Waals surface area contributed by atoms with Crippen LogP contribution in [0.1, 0.15) is 5.56 Å². The summed E-state index contributed by atoms with van der Waals surface area (Å²) in [5, 5.41) is 4.70. The maximum absolute atomic E-state index is 12.3. The van der Waals surface area contributed by atoms with E-state index in [0.717, 1.165) is 5.56 Å². The predicted octanol–water partition coefficient (Wildman–Crippen LogP) is 2.30. The topological polar surface area (TPSA) is 65.7 Å². The minimum Gasteiger partial charge on any atom is -0.493 e. The molecular formula is C17H15N3O3. The van der Waals surface area contributed by atoms with Crippen molar-refractivity contribution in [3.05, 3.63) is 64.7 Å². The fourth-order valence-corrected chi connectivity index (χ4v) is 2.20. The highest BCUT2D eigenvalue weighted by Gasteiger charge is 2.04. The number of aromatic nitrogens is 2. The highest BCUT2D eigenvalue weighted by Crippen LogP contribution is 2.26. The molecular weight excluding hydrogens is 294 g/mol. The van der Waals surface area contributed by atoms with Crippen LogP contribution < -0.4 is 15.0 Å². The number of nitrogens with zero attached hydrogens (tertiary/aromatic N) is 3. The molecule has 116 valence electrons. The average molecular weight is 309 g/mol. The first-order chi connectivity index (χ1) is 11.2. The molecule has 0 bridgehead atoms. The largest absolute Gasteiger partial charge is 0.493 e. The van der Waals surface area contributed by atoms with Gasteiger partial charge in [-0.05, 0) is 35.9 Å². The van der Waals surface area contributed by atoms with Crippen molar-refractivity contribution >= 4 is 17.1 Å². The van der Waals surface area contributed by atoms with Crippen LogP contribution >= 0.6 is 0 Å². The Morgan fingerprint density at radius 2 is 1.87 bits per heavy atom. The second-order valence-corrected chi connectivity index (χ2v) is 4.77. The molecule has 0 atom stereocenters. The molecule has 23 heavy (non-hydrogen) atoms. The summed E-state index contributed by atoms with van der Waals surface area (Å²) in [6, 6.07) is 12.5. The summed E-state index contributed by atoms with van der Waals surface area (Å²) in [6.07, 6.45) is 2.97. The zero-order chi connectivity index (χ0) is 16.2. The highest BCUT2D eigenvalue weighted by molar-refractivity contribution is 5.81. The Balaban J connectivity index is 1.97. The van der Waals surface area contributed by atoms with Crippen LogP contribution in [-0.4, -0.2) is 30.1 Å². The highest BCUT2D eigenvalue weighted by atomic mass is 16.5. The van der Waals surface area contributed by atoms with Crippen molar-refractivity contribution in [2.75, 3.05) is 14.2 Å². The number of hydrogen-bond acceptors (Lipinski definition) is 5. The van der Waals surface area contributed by atoms with Gasteiger partial charge in [-0.15, -0.1) is 0 Å².